The van der Waals surface area contributed by atoms with Gasteiger partial charge >= 0.3 is 0 Å². The summed E-state index contributed by atoms with van der Waals surface area (Å²) in [5, 5.41) is 10.1. The first-order valence-electron chi connectivity index (χ1n) is 8.00. The van der Waals surface area contributed by atoms with Gasteiger partial charge in [-0.3, -0.25) is 13.3 Å². The minimum absolute atomic E-state index is 0.0179. The van der Waals surface area contributed by atoms with Crippen LogP contribution in [0.15, 0.2) is 51.1 Å². The van der Waals surface area contributed by atoms with Crippen molar-refractivity contribution in [3.8, 4) is 5.75 Å². The van der Waals surface area contributed by atoms with Crippen molar-refractivity contribution < 1.29 is 43.6 Å². The summed E-state index contributed by atoms with van der Waals surface area (Å²) in [4.78, 5) is -2.00. The fourth-order valence-corrected chi connectivity index (χ4v) is 5.98. The Kier molecular flexibility index (Phi) is 4.30. The van der Waals surface area contributed by atoms with E-state index in [4.69, 9.17) is 0 Å². The Morgan fingerprint density at radius 2 is 1.07 bits per heavy atom. The van der Waals surface area contributed by atoms with Crippen molar-refractivity contribution >= 4 is 62.7 Å². The van der Waals surface area contributed by atoms with Gasteiger partial charge in [-0.25, -0.2) is 0 Å². The van der Waals surface area contributed by atoms with Crippen LogP contribution in [0, 0.1) is 0 Å². The van der Waals surface area contributed by atoms with Gasteiger partial charge in [-0.05, 0) is 12.1 Å². The van der Waals surface area contributed by atoms with E-state index in [0.29, 0.717) is 0 Å². The molecule has 0 aliphatic carbocycles. The Morgan fingerprint density at radius 1 is 0.667 bits per heavy atom. The average molecular weight is 472 g/mol. The second kappa shape index (κ2) is 6.23. The lowest BCUT2D eigenvalue weighted by atomic mass is 9.94. The molecule has 30 heavy (non-hydrogen) atoms. The van der Waals surface area contributed by atoms with Gasteiger partial charge in [-0.2, -0.15) is 25.3 Å². The molecule has 0 aromatic heterocycles. The molecule has 0 spiro atoms. The van der Waals surface area contributed by atoms with Gasteiger partial charge in [0.25, 0.3) is 30.4 Å². The Balaban J connectivity index is 2.45. The van der Waals surface area contributed by atoms with E-state index in [1.807, 2.05) is 0 Å². The largest absolute Gasteiger partial charge is 0.507 e. The summed E-state index contributed by atoms with van der Waals surface area (Å²) >= 11 is 0. The summed E-state index contributed by atoms with van der Waals surface area (Å²) < 4.78 is 96.2. The highest BCUT2D eigenvalue weighted by atomic mass is 32.2. The molecule has 0 heterocycles. The van der Waals surface area contributed by atoms with Crippen molar-refractivity contribution in [2.75, 3.05) is 7.11 Å². The van der Waals surface area contributed by atoms with Crippen LogP contribution in [0.3, 0.4) is 0 Å². The predicted octanol–water partition coefficient (Wildman–Crippen LogP) is 2.12. The van der Waals surface area contributed by atoms with Gasteiger partial charge in [-0.15, -0.1) is 0 Å². The third-order valence-corrected chi connectivity index (χ3v) is 7.91. The van der Waals surface area contributed by atoms with Gasteiger partial charge in [0.05, 0.1) is 7.11 Å². The number of rotatable bonds is 4. The fourth-order valence-electron chi connectivity index (χ4n) is 3.60. The second-order valence-corrected chi connectivity index (χ2v) is 10.9. The third kappa shape index (κ3) is 2.90. The zero-order valence-corrected chi connectivity index (χ0v) is 17.3. The third-order valence-electron chi connectivity index (χ3n) is 4.81. The van der Waals surface area contributed by atoms with Gasteiger partial charge in [0, 0.05) is 38.4 Å². The normalized spacial score (nSPS) is 13.6. The standard InChI is InChI=1S/C17H12O10S3/c1-27-30(25,26)15-7-14(29(22,23)24)10-5-4-9-13(28(19,20)21)6-12(18)8-2-3-11(15)17(10)16(8)9/h2-7,18H,1H3,(H,19,20,21)(H,22,23,24). The van der Waals surface area contributed by atoms with Crippen molar-refractivity contribution in [3.05, 3.63) is 36.4 Å². The molecule has 158 valence electrons. The Hall–Kier alpha value is -2.55. The molecule has 4 aromatic rings. The van der Waals surface area contributed by atoms with Crippen molar-refractivity contribution in [2.45, 2.75) is 14.7 Å². The molecule has 3 N–H and O–H groups in total. The number of hydrogen-bond donors (Lipinski definition) is 3. The molecule has 10 nitrogen and oxygen atoms in total. The maximum Gasteiger partial charge on any atom is 0.297 e. The molecule has 0 aliphatic rings. The average Bonchev–Trinajstić information content (AvgIpc) is 2.64. The van der Waals surface area contributed by atoms with Crippen LogP contribution in [0.4, 0.5) is 0 Å². The first kappa shape index (κ1) is 20.7. The zero-order valence-electron chi connectivity index (χ0n) is 14.9. The lowest BCUT2D eigenvalue weighted by Gasteiger charge is -2.17. The van der Waals surface area contributed by atoms with Crippen LogP contribution >= 0.6 is 0 Å². The summed E-state index contributed by atoms with van der Waals surface area (Å²) in [5.41, 5.74) is 0. The van der Waals surface area contributed by atoms with Crippen molar-refractivity contribution in [3.63, 3.8) is 0 Å². The summed E-state index contributed by atoms with van der Waals surface area (Å²) in [7, 11) is -13.3. The highest BCUT2D eigenvalue weighted by Gasteiger charge is 2.28. The molecule has 0 amide bonds. The van der Waals surface area contributed by atoms with E-state index < -0.39 is 50.8 Å². The number of phenols is 1. The van der Waals surface area contributed by atoms with Crippen molar-refractivity contribution in [2.24, 2.45) is 0 Å². The fraction of sp³-hybridized carbons (Fsp3) is 0.0588. The molecule has 0 fully saturated rings. The minimum Gasteiger partial charge on any atom is -0.507 e. The maximum absolute atomic E-state index is 12.4. The predicted molar refractivity (Wildman–Crippen MR) is 106 cm³/mol. The van der Waals surface area contributed by atoms with Crippen LogP contribution in [-0.4, -0.2) is 46.6 Å². The minimum atomic E-state index is -4.92. The Labute approximate surface area is 170 Å². The SMILES string of the molecule is COS(=O)(=O)c1cc(S(=O)(=O)O)c2ccc3c(S(=O)(=O)O)cc(O)c4ccc1c2c43. The van der Waals surface area contributed by atoms with E-state index >= 15 is 0 Å². The number of benzene rings is 4. The molecular weight excluding hydrogens is 460 g/mol. The molecule has 0 unspecified atom stereocenters. The lowest BCUT2D eigenvalue weighted by molar-refractivity contribution is 0.398. The summed E-state index contributed by atoms with van der Waals surface area (Å²) in [5.74, 6) is -0.544. The van der Waals surface area contributed by atoms with Gasteiger partial charge in [0.1, 0.15) is 20.4 Å². The zero-order chi connectivity index (χ0) is 22.2. The molecule has 0 bridgehead atoms. The molecule has 0 saturated carbocycles. The molecular formula is C17H12O10S3. The van der Waals surface area contributed by atoms with Crippen LogP contribution in [-0.2, 0) is 34.5 Å². The molecule has 13 heteroatoms. The van der Waals surface area contributed by atoms with E-state index in [0.717, 1.165) is 19.2 Å². The maximum atomic E-state index is 12.4. The lowest BCUT2D eigenvalue weighted by Crippen LogP contribution is -2.08. The Bertz CT molecular complexity index is 1690. The summed E-state index contributed by atoms with van der Waals surface area (Å²) in [6.07, 6.45) is 0. The van der Waals surface area contributed by atoms with Crippen molar-refractivity contribution in [1.29, 1.82) is 0 Å². The molecule has 4 rings (SSSR count). The van der Waals surface area contributed by atoms with Crippen LogP contribution in [0.25, 0.3) is 32.3 Å². The summed E-state index contributed by atoms with van der Waals surface area (Å²) in [6, 6.07) is 6.52. The monoisotopic (exact) mass is 472 g/mol. The van der Waals surface area contributed by atoms with Crippen LogP contribution in [0.1, 0.15) is 0 Å². The number of hydrogen-bond acceptors (Lipinski definition) is 8. The second-order valence-electron chi connectivity index (χ2n) is 6.41. The van der Waals surface area contributed by atoms with E-state index in [2.05, 4.69) is 4.18 Å². The first-order chi connectivity index (χ1) is 13.8. The van der Waals surface area contributed by atoms with Crippen molar-refractivity contribution in [1.82, 2.24) is 0 Å². The topological polar surface area (TPSA) is 172 Å². The molecule has 0 radical (unpaired) electrons. The Morgan fingerprint density at radius 3 is 1.53 bits per heavy atom. The molecule has 0 atom stereocenters. The first-order valence-corrected chi connectivity index (χ1v) is 12.3. The molecule has 0 saturated heterocycles. The van der Waals surface area contributed by atoms with Gasteiger partial charge < -0.3 is 5.11 Å². The smallest absolute Gasteiger partial charge is 0.297 e. The van der Waals surface area contributed by atoms with Crippen LogP contribution in [0.5, 0.6) is 5.75 Å². The quantitative estimate of drug-likeness (QED) is 0.227. The molecule has 4 aromatic carbocycles. The van der Waals surface area contributed by atoms with Gasteiger partial charge in [-0.1, -0.05) is 18.2 Å². The van der Waals surface area contributed by atoms with E-state index in [1.54, 1.807) is 0 Å². The van der Waals surface area contributed by atoms with Gasteiger partial charge in [0.2, 0.25) is 0 Å². The van der Waals surface area contributed by atoms with Crippen LogP contribution in [0.2, 0.25) is 0 Å². The van der Waals surface area contributed by atoms with E-state index in [1.165, 1.54) is 24.3 Å². The van der Waals surface area contributed by atoms with E-state index in [-0.39, 0.29) is 32.3 Å². The summed E-state index contributed by atoms with van der Waals surface area (Å²) in [6.45, 7) is 0. The number of aromatic hydroxyl groups is 1. The highest BCUT2D eigenvalue weighted by Crippen LogP contribution is 2.44. The molecule has 0 aliphatic heterocycles. The highest BCUT2D eigenvalue weighted by molar-refractivity contribution is 7.87. The van der Waals surface area contributed by atoms with Gasteiger partial charge in [0.15, 0.2) is 0 Å². The van der Waals surface area contributed by atoms with Crippen LogP contribution < -0.4 is 0 Å². The number of phenolic OH excluding ortho intramolecular Hbond substituents is 1. The van der Waals surface area contributed by atoms with E-state index in [9.17, 15) is 39.5 Å².